The Bertz CT molecular complexity index is 513. The molecule has 0 aromatic heterocycles. The molecule has 0 amide bonds. The van der Waals surface area contributed by atoms with Crippen LogP contribution in [0.15, 0.2) is 22.8 Å². The molecule has 0 spiro atoms. The van der Waals surface area contributed by atoms with Crippen LogP contribution in [0.25, 0.3) is 0 Å². The average Bonchev–Trinajstić information content (AvgIpc) is 2.41. The highest BCUT2D eigenvalue weighted by Crippen LogP contribution is 2.23. The third-order valence-electron chi connectivity index (χ3n) is 2.85. The molecule has 1 aliphatic rings. The quantitative estimate of drug-likeness (QED) is 0.430. The largest absolute Gasteiger partial charge is 0.463 e. The molecule has 0 fully saturated rings. The van der Waals surface area contributed by atoms with Gasteiger partial charge in [0.15, 0.2) is 0 Å². The van der Waals surface area contributed by atoms with Gasteiger partial charge in [-0.2, -0.15) is 0 Å². The van der Waals surface area contributed by atoms with E-state index in [4.69, 9.17) is 4.74 Å². The molecule has 2 heteroatoms. The van der Waals surface area contributed by atoms with Gasteiger partial charge in [0.2, 0.25) is 0 Å². The lowest BCUT2D eigenvalue weighted by Crippen LogP contribution is -2.04. The molecule has 0 saturated carbocycles. The number of carbonyl (C=O) groups is 1. The molecule has 0 heterocycles. The molecule has 0 aliphatic heterocycles. The van der Waals surface area contributed by atoms with Crippen LogP contribution in [0, 0.1) is 23.7 Å². The second-order valence-electron chi connectivity index (χ2n) is 4.36. The van der Waals surface area contributed by atoms with Crippen LogP contribution in [0.4, 0.5) is 0 Å². The van der Waals surface area contributed by atoms with E-state index in [1.54, 1.807) is 19.9 Å². The van der Waals surface area contributed by atoms with Crippen LogP contribution in [0.5, 0.6) is 0 Å². The van der Waals surface area contributed by atoms with E-state index in [-0.39, 0.29) is 5.97 Å². The summed E-state index contributed by atoms with van der Waals surface area (Å²) in [5.74, 6) is 11.8. The van der Waals surface area contributed by atoms with Gasteiger partial charge < -0.3 is 4.74 Å². The fraction of sp³-hybridized carbons (Fsp3) is 0.471. The molecular formula is C17H20O2. The van der Waals surface area contributed by atoms with Crippen molar-refractivity contribution in [3.8, 4) is 23.7 Å². The first-order chi connectivity index (χ1) is 9.19. The maximum absolute atomic E-state index is 11.4. The molecule has 2 nitrogen and oxygen atoms in total. The summed E-state index contributed by atoms with van der Waals surface area (Å²) in [5, 5.41) is 0. The van der Waals surface area contributed by atoms with Crippen molar-refractivity contribution >= 4 is 5.97 Å². The maximum Gasteiger partial charge on any atom is 0.334 e. The number of rotatable bonds is 2. The molecule has 0 aromatic carbocycles. The summed E-state index contributed by atoms with van der Waals surface area (Å²) in [6, 6.07) is 0. The molecule has 0 N–H and O–H groups in total. The highest BCUT2D eigenvalue weighted by atomic mass is 16.5. The first-order valence-electron chi connectivity index (χ1n) is 6.69. The first-order valence-corrected chi connectivity index (χ1v) is 6.69. The summed E-state index contributed by atoms with van der Waals surface area (Å²) in [6.07, 6.45) is 5.98. The van der Waals surface area contributed by atoms with Crippen molar-refractivity contribution in [1.29, 1.82) is 0 Å². The topological polar surface area (TPSA) is 26.3 Å². The monoisotopic (exact) mass is 256 g/mol. The van der Waals surface area contributed by atoms with Gasteiger partial charge in [-0.25, -0.2) is 4.79 Å². The molecule has 1 aliphatic carbocycles. The van der Waals surface area contributed by atoms with E-state index in [2.05, 4.69) is 23.7 Å². The van der Waals surface area contributed by atoms with Crippen LogP contribution in [0.2, 0.25) is 0 Å². The number of hydrogen-bond acceptors (Lipinski definition) is 2. The lowest BCUT2D eigenvalue weighted by molar-refractivity contribution is -0.138. The highest BCUT2D eigenvalue weighted by Gasteiger charge is 2.08. The van der Waals surface area contributed by atoms with Crippen molar-refractivity contribution < 1.29 is 9.53 Å². The summed E-state index contributed by atoms with van der Waals surface area (Å²) < 4.78 is 4.90. The van der Waals surface area contributed by atoms with Gasteiger partial charge in [0, 0.05) is 16.7 Å². The second-order valence-corrected chi connectivity index (χ2v) is 4.36. The van der Waals surface area contributed by atoms with Crippen molar-refractivity contribution in [1.82, 2.24) is 0 Å². The van der Waals surface area contributed by atoms with Crippen LogP contribution < -0.4 is 0 Å². The average molecular weight is 256 g/mol. The molecule has 19 heavy (non-hydrogen) atoms. The summed E-state index contributed by atoms with van der Waals surface area (Å²) >= 11 is 0. The zero-order chi connectivity index (χ0) is 14.1. The zero-order valence-electron chi connectivity index (χ0n) is 11.9. The number of ether oxygens (including phenoxy) is 1. The van der Waals surface area contributed by atoms with E-state index >= 15 is 0 Å². The fourth-order valence-corrected chi connectivity index (χ4v) is 1.87. The van der Waals surface area contributed by atoms with Gasteiger partial charge in [-0.05, 0) is 52.5 Å². The smallest absolute Gasteiger partial charge is 0.334 e. The van der Waals surface area contributed by atoms with E-state index in [9.17, 15) is 4.79 Å². The third kappa shape index (κ3) is 5.06. The van der Waals surface area contributed by atoms with E-state index in [1.165, 1.54) is 12.8 Å². The second kappa shape index (κ2) is 8.22. The minimum Gasteiger partial charge on any atom is -0.463 e. The summed E-state index contributed by atoms with van der Waals surface area (Å²) in [4.78, 5) is 11.4. The Morgan fingerprint density at radius 3 is 2.47 bits per heavy atom. The van der Waals surface area contributed by atoms with Crippen LogP contribution >= 0.6 is 0 Å². The fourth-order valence-electron chi connectivity index (χ4n) is 1.87. The molecule has 0 aromatic rings. The molecule has 0 saturated heterocycles. The Balaban J connectivity index is 2.83. The van der Waals surface area contributed by atoms with Crippen molar-refractivity contribution in [2.45, 2.75) is 46.5 Å². The van der Waals surface area contributed by atoms with Gasteiger partial charge >= 0.3 is 5.97 Å². The first kappa shape index (κ1) is 15.1. The number of carbonyl (C=O) groups excluding carboxylic acids is 1. The summed E-state index contributed by atoms with van der Waals surface area (Å²) in [5.41, 5.74) is 2.81. The van der Waals surface area contributed by atoms with Gasteiger partial charge in [-0.1, -0.05) is 17.8 Å². The van der Waals surface area contributed by atoms with E-state index in [0.717, 1.165) is 24.0 Å². The van der Waals surface area contributed by atoms with Gasteiger partial charge in [-0.3, -0.25) is 0 Å². The van der Waals surface area contributed by atoms with E-state index in [1.807, 2.05) is 6.92 Å². The minimum absolute atomic E-state index is 0.303. The van der Waals surface area contributed by atoms with Gasteiger partial charge in [0.25, 0.3) is 0 Å². The van der Waals surface area contributed by atoms with Crippen molar-refractivity contribution in [3.63, 3.8) is 0 Å². The molecular weight excluding hydrogens is 236 g/mol. The Hall–Kier alpha value is -1.93. The summed E-state index contributed by atoms with van der Waals surface area (Å²) in [7, 11) is 0. The van der Waals surface area contributed by atoms with Crippen LogP contribution in [0.1, 0.15) is 46.5 Å². The van der Waals surface area contributed by atoms with Gasteiger partial charge in [0.05, 0.1) is 6.61 Å². The van der Waals surface area contributed by atoms with Crippen molar-refractivity contribution in [2.75, 3.05) is 6.61 Å². The standard InChI is InChI=1S/C17H20O2/c1-4-9-15-11-6-7-12-16(15)13-8-10-14(3)17(18)19-5-2/h10H,5-7,11-12H2,1-3H3/b14-10+. The normalized spacial score (nSPS) is 15.0. The predicted octanol–water partition coefficient (Wildman–Crippen LogP) is 3.39. The van der Waals surface area contributed by atoms with Crippen LogP contribution in [-0.4, -0.2) is 12.6 Å². The predicted molar refractivity (Wildman–Crippen MR) is 77.1 cm³/mol. The Kier molecular flexibility index (Phi) is 6.55. The Morgan fingerprint density at radius 2 is 1.89 bits per heavy atom. The molecule has 0 bridgehead atoms. The lowest BCUT2D eigenvalue weighted by Gasteiger charge is -2.11. The molecule has 1 rings (SSSR count). The summed E-state index contributed by atoms with van der Waals surface area (Å²) in [6.45, 7) is 5.74. The number of allylic oxidation sites excluding steroid dienone is 3. The number of hydrogen-bond donors (Lipinski definition) is 0. The Morgan fingerprint density at radius 1 is 1.26 bits per heavy atom. The SMILES string of the molecule is CC#CC1=C(C#C/C=C(\C)C(=O)OCC)CCCC1. The van der Waals surface area contributed by atoms with E-state index < -0.39 is 0 Å². The van der Waals surface area contributed by atoms with E-state index in [0.29, 0.717) is 12.2 Å². The molecule has 0 radical (unpaired) electrons. The van der Waals surface area contributed by atoms with Crippen LogP contribution in [0.3, 0.4) is 0 Å². The van der Waals surface area contributed by atoms with Gasteiger partial charge in [0.1, 0.15) is 0 Å². The molecule has 0 atom stereocenters. The minimum atomic E-state index is -0.303. The molecule has 100 valence electrons. The van der Waals surface area contributed by atoms with Crippen molar-refractivity contribution in [2.24, 2.45) is 0 Å². The van der Waals surface area contributed by atoms with Gasteiger partial charge in [-0.15, -0.1) is 5.92 Å². The van der Waals surface area contributed by atoms with Crippen molar-refractivity contribution in [3.05, 3.63) is 22.8 Å². The lowest BCUT2D eigenvalue weighted by atomic mass is 9.92. The molecule has 0 unspecified atom stereocenters. The maximum atomic E-state index is 11.4. The van der Waals surface area contributed by atoms with Crippen LogP contribution in [-0.2, 0) is 9.53 Å². The number of esters is 1. The Labute approximate surface area is 115 Å². The highest BCUT2D eigenvalue weighted by molar-refractivity contribution is 5.88. The zero-order valence-corrected chi connectivity index (χ0v) is 11.9. The third-order valence-corrected chi connectivity index (χ3v) is 2.85.